The van der Waals surface area contributed by atoms with Gasteiger partial charge in [0.1, 0.15) is 5.82 Å². The number of nitrogens with one attached hydrogen (secondary N) is 1. The summed E-state index contributed by atoms with van der Waals surface area (Å²) in [6, 6.07) is 4.14. The normalized spacial score (nSPS) is 10.5. The number of rotatable bonds is 1. The number of nitrogens with zero attached hydrogens (tertiary/aromatic N) is 1. The van der Waals surface area contributed by atoms with Gasteiger partial charge in [0.05, 0.1) is 15.7 Å². The minimum absolute atomic E-state index is 0.263. The summed E-state index contributed by atoms with van der Waals surface area (Å²) in [5.41, 5.74) is 1.23. The number of aromatic amines is 1. The van der Waals surface area contributed by atoms with E-state index in [1.54, 1.807) is 12.3 Å². The molecule has 0 atom stereocenters. The van der Waals surface area contributed by atoms with Gasteiger partial charge in [-0.3, -0.25) is 5.10 Å². The van der Waals surface area contributed by atoms with Gasteiger partial charge < -0.3 is 0 Å². The van der Waals surface area contributed by atoms with E-state index < -0.39 is 5.82 Å². The van der Waals surface area contributed by atoms with E-state index >= 15 is 0 Å². The first kappa shape index (κ1) is 9.49. The monoisotopic (exact) mass is 230 g/mol. The third-order valence-electron chi connectivity index (χ3n) is 1.78. The van der Waals surface area contributed by atoms with Crippen LogP contribution in [0.15, 0.2) is 24.4 Å². The Morgan fingerprint density at radius 1 is 1.21 bits per heavy atom. The smallest absolute Gasteiger partial charge is 0.126 e. The third kappa shape index (κ3) is 1.61. The SMILES string of the molecule is Fc1cc(Cl)c(-c2ccn[nH]2)c(Cl)c1. The summed E-state index contributed by atoms with van der Waals surface area (Å²) < 4.78 is 12.9. The minimum Gasteiger partial charge on any atom is -0.278 e. The highest BCUT2D eigenvalue weighted by Gasteiger charge is 2.11. The van der Waals surface area contributed by atoms with Gasteiger partial charge in [0.2, 0.25) is 0 Å². The number of halogens is 3. The molecule has 0 aliphatic rings. The maximum atomic E-state index is 12.9. The lowest BCUT2D eigenvalue weighted by molar-refractivity contribution is 0.628. The Kier molecular flexibility index (Phi) is 2.44. The number of H-pyrrole nitrogens is 1. The van der Waals surface area contributed by atoms with Crippen LogP contribution in [0.2, 0.25) is 10.0 Å². The molecule has 1 aromatic heterocycles. The molecule has 0 amide bonds. The number of aromatic nitrogens is 2. The van der Waals surface area contributed by atoms with Gasteiger partial charge in [-0.2, -0.15) is 5.10 Å². The molecule has 0 aliphatic carbocycles. The van der Waals surface area contributed by atoms with Crippen molar-refractivity contribution < 1.29 is 4.39 Å². The third-order valence-corrected chi connectivity index (χ3v) is 2.37. The van der Waals surface area contributed by atoms with Gasteiger partial charge in [-0.05, 0) is 18.2 Å². The molecule has 0 aliphatic heterocycles. The fraction of sp³-hybridized carbons (Fsp3) is 0. The van der Waals surface area contributed by atoms with Gasteiger partial charge in [-0.1, -0.05) is 23.2 Å². The molecule has 0 saturated carbocycles. The predicted octanol–water partition coefficient (Wildman–Crippen LogP) is 3.52. The summed E-state index contributed by atoms with van der Waals surface area (Å²) in [6.07, 6.45) is 1.57. The molecule has 0 fully saturated rings. The number of hydrogen-bond acceptors (Lipinski definition) is 1. The van der Waals surface area contributed by atoms with Crippen molar-refractivity contribution in [3.63, 3.8) is 0 Å². The standard InChI is InChI=1S/C9H5Cl2FN2/c10-6-3-5(12)4-7(11)9(6)8-1-2-13-14-8/h1-4H,(H,13,14). The first-order valence-corrected chi connectivity index (χ1v) is 4.58. The lowest BCUT2D eigenvalue weighted by atomic mass is 10.1. The zero-order valence-corrected chi connectivity index (χ0v) is 8.40. The molecule has 1 aromatic carbocycles. The molecule has 2 rings (SSSR count). The van der Waals surface area contributed by atoms with Gasteiger partial charge >= 0.3 is 0 Å². The van der Waals surface area contributed by atoms with Crippen LogP contribution in [0.25, 0.3) is 11.3 Å². The molecule has 14 heavy (non-hydrogen) atoms. The van der Waals surface area contributed by atoms with E-state index in [1.165, 1.54) is 12.1 Å². The molecule has 0 radical (unpaired) electrons. The van der Waals surface area contributed by atoms with Gasteiger partial charge in [0.25, 0.3) is 0 Å². The molecule has 0 unspecified atom stereocenters. The number of benzene rings is 1. The molecule has 0 saturated heterocycles. The van der Waals surface area contributed by atoms with Crippen molar-refractivity contribution in [3.8, 4) is 11.3 Å². The van der Waals surface area contributed by atoms with Crippen LogP contribution in [-0.2, 0) is 0 Å². The zero-order chi connectivity index (χ0) is 10.1. The van der Waals surface area contributed by atoms with Crippen LogP contribution in [0.5, 0.6) is 0 Å². The van der Waals surface area contributed by atoms with E-state index in [0.29, 0.717) is 11.3 Å². The van der Waals surface area contributed by atoms with Crippen molar-refractivity contribution in [1.29, 1.82) is 0 Å². The van der Waals surface area contributed by atoms with Crippen LogP contribution in [0.4, 0.5) is 4.39 Å². The highest BCUT2D eigenvalue weighted by atomic mass is 35.5. The Hall–Kier alpha value is -1.06. The Bertz CT molecular complexity index is 431. The molecule has 1 heterocycles. The predicted molar refractivity (Wildman–Crippen MR) is 54.0 cm³/mol. The lowest BCUT2D eigenvalue weighted by Gasteiger charge is -2.04. The van der Waals surface area contributed by atoms with Crippen LogP contribution in [0.1, 0.15) is 0 Å². The fourth-order valence-corrected chi connectivity index (χ4v) is 1.86. The van der Waals surface area contributed by atoms with Crippen LogP contribution < -0.4 is 0 Å². The van der Waals surface area contributed by atoms with E-state index in [9.17, 15) is 4.39 Å². The summed E-state index contributed by atoms with van der Waals surface area (Å²) >= 11 is 11.7. The van der Waals surface area contributed by atoms with E-state index in [0.717, 1.165) is 0 Å². The maximum absolute atomic E-state index is 12.9. The quantitative estimate of drug-likeness (QED) is 0.798. The summed E-state index contributed by atoms with van der Waals surface area (Å²) in [6.45, 7) is 0. The molecule has 1 N–H and O–H groups in total. The van der Waals surface area contributed by atoms with Crippen molar-refractivity contribution in [3.05, 3.63) is 40.3 Å². The Morgan fingerprint density at radius 2 is 1.86 bits per heavy atom. The van der Waals surface area contributed by atoms with Crippen LogP contribution in [-0.4, -0.2) is 10.2 Å². The average Bonchev–Trinajstić information content (AvgIpc) is 2.54. The average molecular weight is 231 g/mol. The second-order valence-electron chi connectivity index (χ2n) is 2.71. The van der Waals surface area contributed by atoms with Gasteiger partial charge in [-0.25, -0.2) is 4.39 Å². The van der Waals surface area contributed by atoms with Crippen LogP contribution >= 0.6 is 23.2 Å². The zero-order valence-electron chi connectivity index (χ0n) is 6.89. The Labute approximate surface area is 89.7 Å². The van der Waals surface area contributed by atoms with Crippen molar-refractivity contribution in [2.45, 2.75) is 0 Å². The van der Waals surface area contributed by atoms with Gasteiger partial charge in [0.15, 0.2) is 0 Å². The first-order chi connectivity index (χ1) is 6.68. The molecule has 2 nitrogen and oxygen atoms in total. The van der Waals surface area contributed by atoms with Crippen molar-refractivity contribution in [1.82, 2.24) is 10.2 Å². The first-order valence-electron chi connectivity index (χ1n) is 3.83. The van der Waals surface area contributed by atoms with Gasteiger partial charge in [0, 0.05) is 11.8 Å². The second kappa shape index (κ2) is 3.59. The Morgan fingerprint density at radius 3 is 2.36 bits per heavy atom. The molecule has 5 heteroatoms. The lowest BCUT2D eigenvalue weighted by Crippen LogP contribution is -1.84. The largest absolute Gasteiger partial charge is 0.278 e. The van der Waals surface area contributed by atoms with E-state index in [-0.39, 0.29) is 10.0 Å². The molecule has 0 spiro atoms. The second-order valence-corrected chi connectivity index (χ2v) is 3.53. The van der Waals surface area contributed by atoms with E-state index in [2.05, 4.69) is 10.2 Å². The summed E-state index contributed by atoms with van der Waals surface area (Å²) in [5, 5.41) is 7.01. The number of hydrogen-bond donors (Lipinski definition) is 1. The minimum atomic E-state index is -0.455. The van der Waals surface area contributed by atoms with Crippen LogP contribution in [0, 0.1) is 5.82 Å². The molecule has 72 valence electrons. The summed E-state index contributed by atoms with van der Waals surface area (Å²) in [4.78, 5) is 0. The molecule has 2 aromatic rings. The summed E-state index contributed by atoms with van der Waals surface area (Å²) in [5.74, 6) is -0.455. The Balaban J connectivity index is 2.64. The van der Waals surface area contributed by atoms with Gasteiger partial charge in [-0.15, -0.1) is 0 Å². The van der Waals surface area contributed by atoms with Crippen LogP contribution in [0.3, 0.4) is 0 Å². The van der Waals surface area contributed by atoms with Crippen molar-refractivity contribution in [2.75, 3.05) is 0 Å². The van der Waals surface area contributed by atoms with E-state index in [1.807, 2.05) is 0 Å². The molecular weight excluding hydrogens is 226 g/mol. The topological polar surface area (TPSA) is 28.7 Å². The molecule has 0 bridgehead atoms. The summed E-state index contributed by atoms with van der Waals surface area (Å²) in [7, 11) is 0. The van der Waals surface area contributed by atoms with E-state index in [4.69, 9.17) is 23.2 Å². The van der Waals surface area contributed by atoms with Crippen molar-refractivity contribution >= 4 is 23.2 Å². The maximum Gasteiger partial charge on any atom is 0.126 e. The van der Waals surface area contributed by atoms with Crippen molar-refractivity contribution in [2.24, 2.45) is 0 Å². The molecular formula is C9H5Cl2FN2. The fourth-order valence-electron chi connectivity index (χ4n) is 1.19. The highest BCUT2D eigenvalue weighted by Crippen LogP contribution is 2.33. The highest BCUT2D eigenvalue weighted by molar-refractivity contribution is 6.39.